The first-order valence-corrected chi connectivity index (χ1v) is 5.62. The second-order valence-electron chi connectivity index (χ2n) is 4.39. The molecule has 0 saturated carbocycles. The van der Waals surface area contributed by atoms with E-state index in [1.54, 1.807) is 17.5 Å². The third-order valence-corrected chi connectivity index (χ3v) is 2.84. The van der Waals surface area contributed by atoms with Crippen molar-refractivity contribution in [2.75, 3.05) is 5.73 Å². The van der Waals surface area contributed by atoms with Crippen LogP contribution in [0.3, 0.4) is 0 Å². The smallest absolute Gasteiger partial charge is 0.145 e. The molecule has 2 rings (SSSR count). The maximum absolute atomic E-state index is 5.91. The van der Waals surface area contributed by atoms with Gasteiger partial charge < -0.3 is 5.73 Å². The first kappa shape index (κ1) is 10.2. The Morgan fingerprint density at radius 3 is 2.60 bits per heavy atom. The molecule has 80 valence electrons. The molecule has 0 unspecified atom stereocenters. The number of hydrogen-bond donors (Lipinski definition) is 1. The fraction of sp³-hybridized carbons (Fsp3) is 0.400. The fourth-order valence-corrected chi connectivity index (χ4v) is 1.88. The van der Waals surface area contributed by atoms with Gasteiger partial charge in [-0.1, -0.05) is 0 Å². The zero-order valence-electron chi connectivity index (χ0n) is 9.06. The van der Waals surface area contributed by atoms with Gasteiger partial charge in [-0.05, 0) is 20.8 Å². The van der Waals surface area contributed by atoms with Gasteiger partial charge in [-0.2, -0.15) is 5.10 Å². The number of thiazole rings is 1. The molecule has 0 spiro atoms. The first-order valence-electron chi connectivity index (χ1n) is 4.74. The van der Waals surface area contributed by atoms with E-state index in [4.69, 9.17) is 5.73 Å². The van der Waals surface area contributed by atoms with E-state index in [0.29, 0.717) is 5.69 Å². The first-order chi connectivity index (χ1) is 6.98. The molecule has 0 radical (unpaired) electrons. The summed E-state index contributed by atoms with van der Waals surface area (Å²) in [6.07, 6.45) is 3.62. The van der Waals surface area contributed by atoms with Gasteiger partial charge in [0, 0.05) is 17.8 Å². The van der Waals surface area contributed by atoms with Crippen LogP contribution >= 0.6 is 11.3 Å². The van der Waals surface area contributed by atoms with Gasteiger partial charge in [-0.15, -0.1) is 11.3 Å². The second kappa shape index (κ2) is 3.34. The molecule has 0 aliphatic rings. The van der Waals surface area contributed by atoms with Crippen LogP contribution in [0, 0.1) is 0 Å². The Morgan fingerprint density at radius 1 is 1.40 bits per heavy atom. The summed E-state index contributed by atoms with van der Waals surface area (Å²) in [6.45, 7) is 6.27. The molecular formula is C10H14N4S. The number of hydrogen-bond acceptors (Lipinski definition) is 4. The van der Waals surface area contributed by atoms with E-state index < -0.39 is 0 Å². The van der Waals surface area contributed by atoms with Crippen LogP contribution in [0.4, 0.5) is 5.69 Å². The Kier molecular flexibility index (Phi) is 2.26. The standard InChI is InChI=1S/C10H14N4S/c1-10(2,3)14-6-7(11)8(13-14)9-12-4-5-15-9/h4-6H,11H2,1-3H3. The van der Waals surface area contributed by atoms with Crippen molar-refractivity contribution in [1.29, 1.82) is 0 Å². The average molecular weight is 222 g/mol. The van der Waals surface area contributed by atoms with Gasteiger partial charge in [0.05, 0.1) is 11.2 Å². The van der Waals surface area contributed by atoms with E-state index in [1.807, 2.05) is 16.3 Å². The van der Waals surface area contributed by atoms with Gasteiger partial charge in [0.1, 0.15) is 10.7 Å². The normalized spacial score (nSPS) is 11.9. The number of nitrogens with zero attached hydrogens (tertiary/aromatic N) is 3. The second-order valence-corrected chi connectivity index (χ2v) is 5.28. The summed E-state index contributed by atoms with van der Waals surface area (Å²) in [7, 11) is 0. The van der Waals surface area contributed by atoms with Crippen LogP contribution in [-0.2, 0) is 5.54 Å². The number of nitrogen functional groups attached to an aromatic ring is 1. The Hall–Kier alpha value is -1.36. The average Bonchev–Trinajstić information content (AvgIpc) is 2.69. The number of nitrogens with two attached hydrogens (primary N) is 1. The van der Waals surface area contributed by atoms with Gasteiger partial charge >= 0.3 is 0 Å². The van der Waals surface area contributed by atoms with Gasteiger partial charge in [-0.3, -0.25) is 4.68 Å². The SMILES string of the molecule is CC(C)(C)n1cc(N)c(-c2nccs2)n1. The molecule has 0 atom stereocenters. The summed E-state index contributed by atoms with van der Waals surface area (Å²) < 4.78 is 1.87. The molecule has 2 aromatic heterocycles. The van der Waals surface area contributed by atoms with E-state index in [2.05, 4.69) is 30.9 Å². The Bertz CT molecular complexity index is 450. The maximum Gasteiger partial charge on any atom is 0.145 e. The minimum atomic E-state index is -0.0520. The highest BCUT2D eigenvalue weighted by atomic mass is 32.1. The molecule has 2 heterocycles. The summed E-state index contributed by atoms with van der Waals surface area (Å²) in [5, 5.41) is 7.26. The molecule has 0 aliphatic carbocycles. The molecule has 4 nitrogen and oxygen atoms in total. The van der Waals surface area contributed by atoms with Crippen LogP contribution in [0.2, 0.25) is 0 Å². The molecule has 15 heavy (non-hydrogen) atoms. The third-order valence-electron chi connectivity index (χ3n) is 2.06. The Labute approximate surface area is 92.8 Å². The fourth-order valence-electron chi connectivity index (χ4n) is 1.24. The van der Waals surface area contributed by atoms with Crippen LogP contribution in [-0.4, -0.2) is 14.8 Å². The quantitative estimate of drug-likeness (QED) is 0.805. The summed E-state index contributed by atoms with van der Waals surface area (Å²) in [6, 6.07) is 0. The summed E-state index contributed by atoms with van der Waals surface area (Å²) in [5.74, 6) is 0. The number of anilines is 1. The molecule has 2 N–H and O–H groups in total. The van der Waals surface area contributed by atoms with Crippen molar-refractivity contribution >= 4 is 17.0 Å². The van der Waals surface area contributed by atoms with Crippen molar-refractivity contribution in [2.24, 2.45) is 0 Å². The van der Waals surface area contributed by atoms with Crippen molar-refractivity contribution in [2.45, 2.75) is 26.3 Å². The molecule has 0 fully saturated rings. The highest BCUT2D eigenvalue weighted by molar-refractivity contribution is 7.13. The Balaban J connectivity index is 2.47. The summed E-state index contributed by atoms with van der Waals surface area (Å²) in [4.78, 5) is 4.21. The molecule has 0 amide bonds. The predicted molar refractivity (Wildman–Crippen MR) is 62.7 cm³/mol. The summed E-state index contributed by atoms with van der Waals surface area (Å²) >= 11 is 1.55. The molecule has 0 aromatic carbocycles. The van der Waals surface area contributed by atoms with Crippen molar-refractivity contribution in [3.8, 4) is 10.7 Å². The Morgan fingerprint density at radius 2 is 2.13 bits per heavy atom. The van der Waals surface area contributed by atoms with Crippen LogP contribution < -0.4 is 5.73 Å². The van der Waals surface area contributed by atoms with Crippen LogP contribution in [0.1, 0.15) is 20.8 Å². The van der Waals surface area contributed by atoms with Crippen molar-refractivity contribution < 1.29 is 0 Å². The lowest BCUT2D eigenvalue weighted by Gasteiger charge is -2.18. The maximum atomic E-state index is 5.91. The van der Waals surface area contributed by atoms with E-state index in [1.165, 1.54) is 0 Å². The highest BCUT2D eigenvalue weighted by Gasteiger charge is 2.18. The number of rotatable bonds is 1. The van der Waals surface area contributed by atoms with Crippen molar-refractivity contribution in [3.63, 3.8) is 0 Å². The van der Waals surface area contributed by atoms with E-state index in [0.717, 1.165) is 10.7 Å². The predicted octanol–water partition coefficient (Wildman–Crippen LogP) is 2.34. The van der Waals surface area contributed by atoms with E-state index in [-0.39, 0.29) is 5.54 Å². The minimum absolute atomic E-state index is 0.0520. The van der Waals surface area contributed by atoms with Crippen molar-refractivity contribution in [1.82, 2.24) is 14.8 Å². The molecule has 0 bridgehead atoms. The summed E-state index contributed by atoms with van der Waals surface area (Å²) in [5.41, 5.74) is 7.32. The van der Waals surface area contributed by atoms with Gasteiger partial charge in [0.25, 0.3) is 0 Å². The van der Waals surface area contributed by atoms with E-state index >= 15 is 0 Å². The zero-order valence-corrected chi connectivity index (χ0v) is 9.88. The van der Waals surface area contributed by atoms with Crippen LogP contribution in [0.25, 0.3) is 10.7 Å². The van der Waals surface area contributed by atoms with Gasteiger partial charge in [0.15, 0.2) is 0 Å². The topological polar surface area (TPSA) is 56.7 Å². The molecule has 5 heteroatoms. The van der Waals surface area contributed by atoms with Gasteiger partial charge in [0.2, 0.25) is 0 Å². The van der Waals surface area contributed by atoms with Gasteiger partial charge in [-0.25, -0.2) is 4.98 Å². The van der Waals surface area contributed by atoms with Crippen LogP contribution in [0.15, 0.2) is 17.8 Å². The molecule has 0 aliphatic heterocycles. The van der Waals surface area contributed by atoms with Crippen LogP contribution in [0.5, 0.6) is 0 Å². The molecule has 2 aromatic rings. The lowest BCUT2D eigenvalue weighted by molar-refractivity contribution is 0.356. The lowest BCUT2D eigenvalue weighted by Crippen LogP contribution is -2.22. The third kappa shape index (κ3) is 1.87. The number of aromatic nitrogens is 3. The largest absolute Gasteiger partial charge is 0.396 e. The lowest BCUT2D eigenvalue weighted by atomic mass is 10.1. The highest BCUT2D eigenvalue weighted by Crippen LogP contribution is 2.27. The van der Waals surface area contributed by atoms with E-state index in [9.17, 15) is 0 Å². The monoisotopic (exact) mass is 222 g/mol. The minimum Gasteiger partial charge on any atom is -0.396 e. The van der Waals surface area contributed by atoms with Crippen molar-refractivity contribution in [3.05, 3.63) is 17.8 Å². The molecule has 0 saturated heterocycles. The zero-order chi connectivity index (χ0) is 11.1. The molecular weight excluding hydrogens is 208 g/mol.